The number of nitrogens with zero attached hydrogens (tertiary/aromatic N) is 3. The molecule has 4 N–H and O–H groups in total. The van der Waals surface area contributed by atoms with Crippen LogP contribution in [0, 0.1) is 6.92 Å². The molecule has 0 unspecified atom stereocenters. The summed E-state index contributed by atoms with van der Waals surface area (Å²) in [5, 5.41) is 38.7. The Hall–Kier alpha value is -6.11. The second-order valence-corrected chi connectivity index (χ2v) is 10.9. The van der Waals surface area contributed by atoms with Gasteiger partial charge in [-0.1, -0.05) is 36.4 Å². The minimum Gasteiger partial charge on any atom is -0.488 e. The molecular formula is C35H36N3O10+. The molecule has 0 amide bonds. The van der Waals surface area contributed by atoms with E-state index in [0.29, 0.717) is 5.56 Å². The molecule has 4 rings (SSSR count). The van der Waals surface area contributed by atoms with E-state index < -0.39 is 50.1 Å². The number of aryl methyl sites for hydroxylation is 2. The molecule has 0 radical (unpaired) electrons. The van der Waals surface area contributed by atoms with Gasteiger partial charge < -0.3 is 39.7 Å². The second-order valence-electron chi connectivity index (χ2n) is 10.9. The van der Waals surface area contributed by atoms with Crippen molar-refractivity contribution in [1.29, 1.82) is 0 Å². The normalized spacial score (nSPS) is 11.0. The van der Waals surface area contributed by atoms with Crippen LogP contribution in [0.4, 0.5) is 11.4 Å². The van der Waals surface area contributed by atoms with Crippen LogP contribution >= 0.6 is 0 Å². The van der Waals surface area contributed by atoms with Gasteiger partial charge in [0.15, 0.2) is 6.20 Å². The summed E-state index contributed by atoms with van der Waals surface area (Å²) in [6.45, 7) is -0.630. The number of hydrogen-bond donors (Lipinski definition) is 4. The molecule has 3 aromatic carbocycles. The van der Waals surface area contributed by atoms with Gasteiger partial charge in [-0.2, -0.15) is 0 Å². The Kier molecular flexibility index (Phi) is 11.5. The molecule has 1 aromatic heterocycles. The summed E-state index contributed by atoms with van der Waals surface area (Å²) >= 11 is 0. The Morgan fingerprint density at radius 2 is 1.21 bits per heavy atom. The maximum atomic E-state index is 11.6. The highest BCUT2D eigenvalue weighted by atomic mass is 16.5. The fourth-order valence-electron chi connectivity index (χ4n) is 5.14. The van der Waals surface area contributed by atoms with E-state index in [2.05, 4.69) is 0 Å². The van der Waals surface area contributed by atoms with E-state index in [1.54, 1.807) is 43.3 Å². The summed E-state index contributed by atoms with van der Waals surface area (Å²) in [4.78, 5) is 48.4. The number of fused-ring (bicyclic) bond motifs is 1. The predicted octanol–water partition coefficient (Wildman–Crippen LogP) is 3.55. The number of hydrogen-bond acceptors (Lipinski definition) is 8. The maximum Gasteiger partial charge on any atom is 0.323 e. The van der Waals surface area contributed by atoms with Crippen molar-refractivity contribution in [3.8, 4) is 11.5 Å². The number of aromatic nitrogens is 1. The van der Waals surface area contributed by atoms with Crippen molar-refractivity contribution < 1.29 is 53.6 Å². The van der Waals surface area contributed by atoms with Gasteiger partial charge in [0.2, 0.25) is 5.52 Å². The van der Waals surface area contributed by atoms with Crippen molar-refractivity contribution in [2.75, 3.05) is 49.2 Å². The van der Waals surface area contributed by atoms with Crippen LogP contribution in [0.25, 0.3) is 23.1 Å². The van der Waals surface area contributed by atoms with Gasteiger partial charge in [0, 0.05) is 12.1 Å². The Labute approximate surface area is 276 Å². The van der Waals surface area contributed by atoms with Gasteiger partial charge in [-0.15, -0.1) is 0 Å². The largest absolute Gasteiger partial charge is 0.488 e. The summed E-state index contributed by atoms with van der Waals surface area (Å²) < 4.78 is 14.0. The monoisotopic (exact) mass is 658 g/mol. The van der Waals surface area contributed by atoms with Crippen LogP contribution in [-0.2, 0) is 26.2 Å². The van der Waals surface area contributed by atoms with Gasteiger partial charge in [0.25, 0.3) is 0 Å². The molecular weight excluding hydrogens is 622 g/mol. The minimum atomic E-state index is -1.22. The van der Waals surface area contributed by atoms with Crippen molar-refractivity contribution in [3.05, 3.63) is 89.6 Å². The van der Waals surface area contributed by atoms with Gasteiger partial charge >= 0.3 is 23.9 Å². The average Bonchev–Trinajstić information content (AvgIpc) is 3.01. The summed E-state index contributed by atoms with van der Waals surface area (Å²) in [6, 6.07) is 19.9. The first-order chi connectivity index (χ1) is 22.9. The van der Waals surface area contributed by atoms with Crippen molar-refractivity contribution in [3.63, 3.8) is 0 Å². The van der Waals surface area contributed by atoms with Crippen LogP contribution in [0.2, 0.25) is 0 Å². The van der Waals surface area contributed by atoms with Crippen molar-refractivity contribution in [2.24, 2.45) is 7.05 Å². The molecule has 13 heteroatoms. The SMILES string of the molecule is Cc1ccc(N(CC(=O)O)CC(=O)O)c(OCCOc2cc(C=Cc3cc[n+](C)c4ccccc34)ccc2N(CC(=O)O)CC(=O)O)c1. The molecule has 0 atom stereocenters. The minimum absolute atomic E-state index is 0.0607. The zero-order valence-electron chi connectivity index (χ0n) is 26.4. The zero-order valence-corrected chi connectivity index (χ0v) is 26.4. The van der Waals surface area contributed by atoms with Gasteiger partial charge in [0.1, 0.15) is 57.9 Å². The lowest BCUT2D eigenvalue weighted by molar-refractivity contribution is -0.644. The standard InChI is InChI=1S/C35H35N3O10/c1-23-7-11-28(37(19-32(39)40)20-33(41)42)30(17-23)47-15-16-48-31-18-24(9-12-29(31)38(21-34(43)44)22-35(45)46)8-10-25-13-14-36(2)27-6-4-3-5-26(25)27/h3-14,17-18H,15-16,19-22H2,1-2H3,(H3-,39,40,41,42,43,44,45,46)/p+1. The highest BCUT2D eigenvalue weighted by molar-refractivity contribution is 5.89. The van der Waals surface area contributed by atoms with Crippen molar-refractivity contribution in [2.45, 2.75) is 6.92 Å². The number of benzene rings is 3. The molecule has 0 spiro atoms. The van der Waals surface area contributed by atoms with E-state index in [1.165, 1.54) is 9.80 Å². The quantitative estimate of drug-likeness (QED) is 0.0960. The molecule has 0 bridgehead atoms. The number of para-hydroxylation sites is 1. The van der Waals surface area contributed by atoms with Crippen LogP contribution in [-0.4, -0.2) is 83.7 Å². The molecule has 1 heterocycles. The van der Waals surface area contributed by atoms with Gasteiger partial charge in [0.05, 0.1) is 16.8 Å². The molecule has 0 fully saturated rings. The lowest BCUT2D eigenvalue weighted by atomic mass is 10.1. The number of rotatable bonds is 17. The molecule has 0 aliphatic rings. The topological polar surface area (TPSA) is 178 Å². The van der Waals surface area contributed by atoms with E-state index in [9.17, 15) is 39.6 Å². The Morgan fingerprint density at radius 3 is 1.77 bits per heavy atom. The number of carbonyl (C=O) groups is 4. The van der Waals surface area contributed by atoms with Crippen molar-refractivity contribution in [1.82, 2.24) is 0 Å². The fourth-order valence-corrected chi connectivity index (χ4v) is 5.14. The molecule has 0 aliphatic heterocycles. The predicted molar refractivity (Wildman–Crippen MR) is 178 cm³/mol. The molecule has 48 heavy (non-hydrogen) atoms. The third kappa shape index (κ3) is 9.45. The highest BCUT2D eigenvalue weighted by Gasteiger charge is 2.21. The Bertz CT molecular complexity index is 1820. The van der Waals surface area contributed by atoms with Crippen LogP contribution in [0.3, 0.4) is 0 Å². The molecule has 0 saturated heterocycles. The molecule has 13 nitrogen and oxygen atoms in total. The van der Waals surface area contributed by atoms with Crippen LogP contribution in [0.5, 0.6) is 11.5 Å². The second kappa shape index (κ2) is 15.9. The molecule has 0 saturated carbocycles. The first kappa shape index (κ1) is 34.8. The molecule has 250 valence electrons. The molecule has 4 aromatic rings. The fraction of sp³-hybridized carbons (Fsp3) is 0.229. The lowest BCUT2D eigenvalue weighted by Crippen LogP contribution is -2.35. The average molecular weight is 659 g/mol. The third-order valence-electron chi connectivity index (χ3n) is 7.21. The number of pyridine rings is 1. The number of anilines is 2. The van der Waals surface area contributed by atoms with E-state index in [0.717, 1.165) is 22.0 Å². The van der Waals surface area contributed by atoms with Crippen LogP contribution in [0.15, 0.2) is 72.9 Å². The van der Waals surface area contributed by atoms with Gasteiger partial charge in [-0.3, -0.25) is 19.2 Å². The lowest BCUT2D eigenvalue weighted by Gasteiger charge is -2.25. The van der Waals surface area contributed by atoms with Crippen molar-refractivity contribution >= 4 is 58.3 Å². The van der Waals surface area contributed by atoms with Gasteiger partial charge in [-0.25, -0.2) is 4.57 Å². The van der Waals surface area contributed by atoms with Crippen LogP contribution < -0.4 is 23.8 Å². The summed E-state index contributed by atoms with van der Waals surface area (Å²) in [5.41, 5.74) is 4.03. The smallest absolute Gasteiger partial charge is 0.323 e. The van der Waals surface area contributed by atoms with E-state index >= 15 is 0 Å². The van der Waals surface area contributed by atoms with E-state index in [-0.39, 0.29) is 36.1 Å². The Morgan fingerprint density at radius 1 is 0.688 bits per heavy atom. The van der Waals surface area contributed by atoms with E-state index in [4.69, 9.17) is 9.47 Å². The summed E-state index contributed by atoms with van der Waals surface area (Å²) in [5.74, 6) is -4.41. The number of ether oxygens (including phenoxy) is 2. The number of carboxylic acids is 4. The third-order valence-corrected chi connectivity index (χ3v) is 7.21. The number of aliphatic carboxylic acids is 4. The molecule has 0 aliphatic carbocycles. The maximum absolute atomic E-state index is 11.6. The van der Waals surface area contributed by atoms with Crippen LogP contribution in [0.1, 0.15) is 16.7 Å². The Balaban J connectivity index is 1.61. The first-order valence-corrected chi connectivity index (χ1v) is 14.8. The first-order valence-electron chi connectivity index (χ1n) is 14.8. The zero-order chi connectivity index (χ0) is 34.8. The van der Waals surface area contributed by atoms with E-state index in [1.807, 2.05) is 60.3 Å². The highest BCUT2D eigenvalue weighted by Crippen LogP contribution is 2.32. The summed E-state index contributed by atoms with van der Waals surface area (Å²) in [7, 11) is 1.96. The number of carboxylic acid groups (broad SMARTS) is 4. The summed E-state index contributed by atoms with van der Waals surface area (Å²) in [6.07, 6.45) is 5.76. The van der Waals surface area contributed by atoms with Gasteiger partial charge in [-0.05, 0) is 53.9 Å².